The lowest BCUT2D eigenvalue weighted by Crippen LogP contribution is -2.50. The molecule has 1 saturated carbocycles. The number of amides is 1. The number of alkyl halides is 5. The number of H-pyrrole nitrogens is 1. The standard InChI is InChI=1S/C22H15Cl2F5N4O5/c1-37-15-3-2-11(6-12(15)18(34)30-9-7-21(25,26)8-9)38-16-13(23)4-10(5-14(16)24)33-20(36)31-19(35)17(32-33)22(27,28)29/h2-6,9H,7-8H2,1H3,(H,30,34)(H,31,35,36). The summed E-state index contributed by atoms with van der Waals surface area (Å²) >= 11 is 12.4. The smallest absolute Gasteiger partial charge is 0.440 e. The number of carbonyl (C=O) groups is 1. The lowest BCUT2D eigenvalue weighted by atomic mass is 9.88. The largest absolute Gasteiger partial charge is 0.496 e. The maximum atomic E-state index is 13.1. The fraction of sp³-hybridized carbons (Fsp3) is 0.273. The molecular weight excluding hydrogens is 566 g/mol. The van der Waals surface area contributed by atoms with E-state index < -0.39 is 53.8 Å². The lowest BCUT2D eigenvalue weighted by Gasteiger charge is -2.35. The summed E-state index contributed by atoms with van der Waals surface area (Å²) in [7, 11) is 1.30. The Morgan fingerprint density at radius 3 is 2.34 bits per heavy atom. The number of nitrogens with one attached hydrogen (secondary N) is 2. The third-order valence-electron chi connectivity index (χ3n) is 5.38. The van der Waals surface area contributed by atoms with Gasteiger partial charge in [-0.25, -0.2) is 13.6 Å². The Bertz CT molecular complexity index is 1510. The summed E-state index contributed by atoms with van der Waals surface area (Å²) in [5.74, 6) is -3.58. The van der Waals surface area contributed by atoms with Gasteiger partial charge >= 0.3 is 11.9 Å². The molecule has 2 N–H and O–H groups in total. The number of hydrogen-bond acceptors (Lipinski definition) is 6. The molecule has 3 aromatic rings. The molecule has 1 amide bonds. The van der Waals surface area contributed by atoms with E-state index in [0.717, 1.165) is 12.1 Å². The Kier molecular flexibility index (Phi) is 7.14. The van der Waals surface area contributed by atoms with Crippen molar-refractivity contribution in [2.75, 3.05) is 7.11 Å². The van der Waals surface area contributed by atoms with Crippen LogP contribution in [0.1, 0.15) is 28.9 Å². The van der Waals surface area contributed by atoms with Gasteiger partial charge in [0.15, 0.2) is 5.75 Å². The highest BCUT2D eigenvalue weighted by molar-refractivity contribution is 6.37. The second kappa shape index (κ2) is 9.91. The average Bonchev–Trinajstić information content (AvgIpc) is 2.79. The molecule has 38 heavy (non-hydrogen) atoms. The molecule has 0 radical (unpaired) electrons. The number of aromatic amines is 1. The van der Waals surface area contributed by atoms with Gasteiger partial charge in [-0.3, -0.25) is 14.6 Å². The van der Waals surface area contributed by atoms with Gasteiger partial charge in [-0.1, -0.05) is 23.2 Å². The van der Waals surface area contributed by atoms with E-state index in [9.17, 15) is 36.3 Å². The predicted octanol–water partition coefficient (Wildman–Crippen LogP) is 4.57. The van der Waals surface area contributed by atoms with Crippen molar-refractivity contribution >= 4 is 29.1 Å². The molecule has 1 aromatic heterocycles. The maximum absolute atomic E-state index is 13.1. The summed E-state index contributed by atoms with van der Waals surface area (Å²) in [4.78, 5) is 37.7. The van der Waals surface area contributed by atoms with E-state index in [0.29, 0.717) is 0 Å². The molecule has 0 bridgehead atoms. The van der Waals surface area contributed by atoms with E-state index in [1.807, 2.05) is 0 Å². The van der Waals surface area contributed by atoms with Crippen LogP contribution in [-0.4, -0.2) is 39.7 Å². The van der Waals surface area contributed by atoms with E-state index in [1.54, 1.807) is 0 Å². The van der Waals surface area contributed by atoms with Gasteiger partial charge < -0.3 is 14.8 Å². The van der Waals surface area contributed by atoms with Gasteiger partial charge in [-0.05, 0) is 30.3 Å². The van der Waals surface area contributed by atoms with Crippen molar-refractivity contribution in [2.24, 2.45) is 0 Å². The Hall–Kier alpha value is -3.65. The van der Waals surface area contributed by atoms with Crippen LogP contribution in [0.5, 0.6) is 17.2 Å². The van der Waals surface area contributed by atoms with Gasteiger partial charge in [0, 0.05) is 18.9 Å². The highest BCUT2D eigenvalue weighted by Gasteiger charge is 2.46. The number of ether oxygens (including phenoxy) is 2. The first-order valence-corrected chi connectivity index (χ1v) is 11.3. The first-order valence-electron chi connectivity index (χ1n) is 10.5. The van der Waals surface area contributed by atoms with Crippen LogP contribution >= 0.6 is 23.2 Å². The molecule has 0 aliphatic heterocycles. The molecule has 202 valence electrons. The van der Waals surface area contributed by atoms with Gasteiger partial charge in [0.05, 0.1) is 28.4 Å². The fourth-order valence-electron chi connectivity index (χ4n) is 3.60. The molecule has 9 nitrogen and oxygen atoms in total. The molecular formula is C22H15Cl2F5N4O5. The molecule has 1 fully saturated rings. The number of aromatic nitrogens is 3. The first kappa shape index (κ1) is 27.4. The zero-order valence-electron chi connectivity index (χ0n) is 19.0. The Labute approximate surface area is 219 Å². The topological polar surface area (TPSA) is 115 Å². The zero-order valence-corrected chi connectivity index (χ0v) is 20.5. The predicted molar refractivity (Wildman–Crippen MR) is 124 cm³/mol. The number of carbonyl (C=O) groups excluding carboxylic acids is 1. The molecule has 16 heteroatoms. The van der Waals surface area contributed by atoms with Crippen LogP contribution in [0.25, 0.3) is 5.69 Å². The van der Waals surface area contributed by atoms with Crippen LogP contribution in [0.4, 0.5) is 22.0 Å². The van der Waals surface area contributed by atoms with Crippen LogP contribution < -0.4 is 26.0 Å². The second-order valence-corrected chi connectivity index (χ2v) is 8.97. The average molecular weight is 581 g/mol. The van der Waals surface area contributed by atoms with Crippen LogP contribution in [0.2, 0.25) is 10.0 Å². The minimum absolute atomic E-state index is 0.0186. The number of rotatable bonds is 6. The second-order valence-electron chi connectivity index (χ2n) is 8.15. The quantitative estimate of drug-likeness (QED) is 0.413. The molecule has 1 aliphatic carbocycles. The van der Waals surface area contributed by atoms with E-state index in [-0.39, 0.29) is 43.2 Å². The molecule has 4 rings (SSSR count). The Morgan fingerprint density at radius 1 is 1.16 bits per heavy atom. The molecule has 0 spiro atoms. The fourth-order valence-corrected chi connectivity index (χ4v) is 4.15. The maximum Gasteiger partial charge on any atom is 0.440 e. The highest BCUT2D eigenvalue weighted by atomic mass is 35.5. The number of benzene rings is 2. The molecule has 1 aliphatic rings. The van der Waals surface area contributed by atoms with Gasteiger partial charge in [0.25, 0.3) is 17.4 Å². The van der Waals surface area contributed by atoms with Crippen molar-refractivity contribution in [2.45, 2.75) is 31.0 Å². The normalized spacial score (nSPS) is 15.1. The first-order chi connectivity index (χ1) is 17.7. The van der Waals surface area contributed by atoms with E-state index >= 15 is 0 Å². The van der Waals surface area contributed by atoms with E-state index in [1.165, 1.54) is 30.3 Å². The number of nitrogens with zero attached hydrogens (tertiary/aromatic N) is 2. The van der Waals surface area contributed by atoms with Crippen LogP contribution in [0.15, 0.2) is 39.9 Å². The number of hydrogen-bond donors (Lipinski definition) is 2. The number of methoxy groups -OCH3 is 1. The van der Waals surface area contributed by atoms with Crippen molar-refractivity contribution in [3.63, 3.8) is 0 Å². The molecule has 0 atom stereocenters. The minimum atomic E-state index is -5.14. The van der Waals surface area contributed by atoms with Crippen LogP contribution in [0, 0.1) is 0 Å². The lowest BCUT2D eigenvalue weighted by molar-refractivity contribution is -0.143. The van der Waals surface area contributed by atoms with Crippen LogP contribution in [-0.2, 0) is 6.18 Å². The summed E-state index contributed by atoms with van der Waals surface area (Å²) in [5, 5.41) is 5.02. The van der Waals surface area contributed by atoms with Crippen molar-refractivity contribution in [3.05, 3.63) is 72.5 Å². The third kappa shape index (κ3) is 5.60. The van der Waals surface area contributed by atoms with Crippen LogP contribution in [0.3, 0.4) is 0 Å². The summed E-state index contributed by atoms with van der Waals surface area (Å²) in [6, 6.07) is 5.32. The SMILES string of the molecule is COc1ccc(Oc2c(Cl)cc(-n3nc(C(F)(F)F)c(=O)[nH]c3=O)cc2Cl)cc1C(=O)NC1CC(F)(F)C1. The minimum Gasteiger partial charge on any atom is -0.496 e. The Balaban J connectivity index is 1.63. The van der Waals surface area contributed by atoms with Gasteiger partial charge in [0.1, 0.15) is 11.5 Å². The molecule has 0 unspecified atom stereocenters. The highest BCUT2D eigenvalue weighted by Crippen LogP contribution is 2.40. The van der Waals surface area contributed by atoms with Crippen molar-refractivity contribution in [1.82, 2.24) is 20.1 Å². The number of halogens is 7. The van der Waals surface area contributed by atoms with Crippen molar-refractivity contribution in [1.29, 1.82) is 0 Å². The third-order valence-corrected chi connectivity index (χ3v) is 5.95. The van der Waals surface area contributed by atoms with E-state index in [2.05, 4.69) is 10.4 Å². The monoisotopic (exact) mass is 580 g/mol. The van der Waals surface area contributed by atoms with E-state index in [4.69, 9.17) is 32.7 Å². The van der Waals surface area contributed by atoms with Crippen molar-refractivity contribution < 1.29 is 36.2 Å². The summed E-state index contributed by atoms with van der Waals surface area (Å²) < 4.78 is 76.5. The summed E-state index contributed by atoms with van der Waals surface area (Å²) in [5.41, 5.74) is -5.21. The molecule has 1 heterocycles. The van der Waals surface area contributed by atoms with Gasteiger partial charge in [0.2, 0.25) is 5.69 Å². The van der Waals surface area contributed by atoms with Gasteiger partial charge in [-0.2, -0.15) is 23.0 Å². The van der Waals surface area contributed by atoms with Gasteiger partial charge in [-0.15, -0.1) is 0 Å². The Morgan fingerprint density at radius 2 is 1.79 bits per heavy atom. The van der Waals surface area contributed by atoms with Crippen molar-refractivity contribution in [3.8, 4) is 22.9 Å². The molecule has 0 saturated heterocycles. The molecule has 2 aromatic carbocycles. The zero-order chi connectivity index (χ0) is 28.0. The summed E-state index contributed by atoms with van der Waals surface area (Å²) in [6.07, 6.45) is -6.13. The summed E-state index contributed by atoms with van der Waals surface area (Å²) in [6.45, 7) is 0.